The minimum Gasteiger partial charge on any atom is -0.396 e. The highest BCUT2D eigenvalue weighted by atomic mass is 16.7. The maximum absolute atomic E-state index is 11.9. The summed E-state index contributed by atoms with van der Waals surface area (Å²) in [5, 5.41) is 9.44. The molecule has 1 aliphatic heterocycles. The zero-order valence-electron chi connectivity index (χ0n) is 9.96. The summed E-state index contributed by atoms with van der Waals surface area (Å²) >= 11 is 0. The van der Waals surface area contributed by atoms with E-state index in [0.29, 0.717) is 30.6 Å². The van der Waals surface area contributed by atoms with E-state index in [0.717, 1.165) is 11.5 Å². The van der Waals surface area contributed by atoms with Gasteiger partial charge in [0.15, 0.2) is 0 Å². The molecule has 5 heteroatoms. The molecule has 1 aromatic carbocycles. The van der Waals surface area contributed by atoms with Crippen molar-refractivity contribution in [1.29, 1.82) is 0 Å². The van der Waals surface area contributed by atoms with E-state index in [1.54, 1.807) is 24.3 Å². The van der Waals surface area contributed by atoms with E-state index in [9.17, 15) is 9.59 Å². The molecule has 0 radical (unpaired) electrons. The molecule has 5 nitrogen and oxygen atoms in total. The molecule has 0 unspecified atom stereocenters. The van der Waals surface area contributed by atoms with Gasteiger partial charge >= 0.3 is 0 Å². The molecule has 0 aliphatic carbocycles. The fourth-order valence-corrected chi connectivity index (χ4v) is 1.83. The minimum absolute atomic E-state index is 0.146. The van der Waals surface area contributed by atoms with Crippen molar-refractivity contribution in [2.24, 2.45) is 0 Å². The number of aliphatic hydroxyl groups excluding tert-OH is 1. The maximum Gasteiger partial charge on any atom is 0.285 e. The van der Waals surface area contributed by atoms with E-state index < -0.39 is 11.8 Å². The van der Waals surface area contributed by atoms with Gasteiger partial charge in [-0.2, -0.15) is 0 Å². The van der Waals surface area contributed by atoms with Crippen LogP contribution in [0.1, 0.15) is 40.0 Å². The first kappa shape index (κ1) is 12.7. The largest absolute Gasteiger partial charge is 0.396 e. The van der Waals surface area contributed by atoms with Crippen LogP contribution in [0.15, 0.2) is 24.3 Å². The number of rotatable bonds is 6. The van der Waals surface area contributed by atoms with E-state index in [4.69, 9.17) is 9.94 Å². The van der Waals surface area contributed by atoms with Crippen LogP contribution in [-0.4, -0.2) is 35.2 Å². The first-order valence-electron chi connectivity index (χ1n) is 5.97. The number of benzene rings is 1. The Morgan fingerprint density at radius 2 is 1.61 bits per heavy atom. The molecule has 0 aromatic heterocycles. The molecule has 0 fully saturated rings. The highest BCUT2D eigenvalue weighted by Gasteiger charge is 2.36. The smallest absolute Gasteiger partial charge is 0.285 e. The molecule has 0 saturated heterocycles. The van der Waals surface area contributed by atoms with E-state index in [1.165, 1.54) is 0 Å². The van der Waals surface area contributed by atoms with Crippen LogP contribution in [0.25, 0.3) is 0 Å². The van der Waals surface area contributed by atoms with Gasteiger partial charge in [0.1, 0.15) is 0 Å². The molecule has 2 amide bonds. The van der Waals surface area contributed by atoms with Crippen molar-refractivity contribution >= 4 is 11.8 Å². The Labute approximate surface area is 105 Å². The quantitative estimate of drug-likeness (QED) is 0.611. The van der Waals surface area contributed by atoms with Gasteiger partial charge in [-0.1, -0.05) is 12.1 Å². The minimum atomic E-state index is -0.405. The van der Waals surface area contributed by atoms with E-state index >= 15 is 0 Å². The Bertz CT molecular complexity index is 423. The highest BCUT2D eigenvalue weighted by Crippen LogP contribution is 2.22. The number of carbonyl (C=O) groups is 2. The number of amides is 2. The Kier molecular flexibility index (Phi) is 4.07. The molecular formula is C13H15NO4. The van der Waals surface area contributed by atoms with E-state index in [1.807, 2.05) is 0 Å². The molecule has 1 N–H and O–H groups in total. The zero-order valence-corrected chi connectivity index (χ0v) is 9.96. The number of carbonyl (C=O) groups excluding carboxylic acids is 2. The Morgan fingerprint density at radius 3 is 2.17 bits per heavy atom. The second-order valence-corrected chi connectivity index (χ2v) is 4.07. The van der Waals surface area contributed by atoms with Gasteiger partial charge in [-0.15, -0.1) is 5.06 Å². The number of hydrogen-bond donors (Lipinski definition) is 1. The lowest BCUT2D eigenvalue weighted by atomic mass is 10.1. The number of unbranched alkanes of at least 4 members (excludes halogenated alkanes) is 2. The summed E-state index contributed by atoms with van der Waals surface area (Å²) in [7, 11) is 0. The molecule has 1 aromatic rings. The van der Waals surface area contributed by atoms with Crippen molar-refractivity contribution in [2.75, 3.05) is 13.2 Å². The number of aliphatic hydroxyl groups is 1. The zero-order chi connectivity index (χ0) is 13.0. The predicted octanol–water partition coefficient (Wildman–Crippen LogP) is 1.38. The van der Waals surface area contributed by atoms with Crippen LogP contribution < -0.4 is 0 Å². The van der Waals surface area contributed by atoms with Crippen molar-refractivity contribution in [3.63, 3.8) is 0 Å². The monoisotopic (exact) mass is 249 g/mol. The lowest BCUT2D eigenvalue weighted by molar-refractivity contribution is -0.0923. The van der Waals surface area contributed by atoms with Gasteiger partial charge in [-0.3, -0.25) is 14.4 Å². The summed E-state index contributed by atoms with van der Waals surface area (Å²) in [5.41, 5.74) is 0.774. The summed E-state index contributed by atoms with van der Waals surface area (Å²) in [6, 6.07) is 6.67. The Hall–Kier alpha value is -1.72. The Balaban J connectivity index is 1.93. The first-order chi connectivity index (χ1) is 8.75. The van der Waals surface area contributed by atoms with Gasteiger partial charge in [0.05, 0.1) is 17.7 Å². The summed E-state index contributed by atoms with van der Waals surface area (Å²) in [6.07, 6.45) is 2.21. The third kappa shape index (κ3) is 2.42. The molecule has 0 bridgehead atoms. The summed E-state index contributed by atoms with van der Waals surface area (Å²) in [6.45, 7) is 0.443. The molecule has 0 spiro atoms. The molecule has 18 heavy (non-hydrogen) atoms. The van der Waals surface area contributed by atoms with Crippen LogP contribution in [0.2, 0.25) is 0 Å². The summed E-state index contributed by atoms with van der Waals surface area (Å²) < 4.78 is 0. The van der Waals surface area contributed by atoms with Crippen LogP contribution >= 0.6 is 0 Å². The third-order valence-electron chi connectivity index (χ3n) is 2.78. The normalized spacial score (nSPS) is 14.2. The lowest BCUT2D eigenvalue weighted by Crippen LogP contribution is -2.30. The first-order valence-corrected chi connectivity index (χ1v) is 5.97. The molecule has 0 saturated carbocycles. The van der Waals surface area contributed by atoms with Crippen molar-refractivity contribution in [2.45, 2.75) is 19.3 Å². The van der Waals surface area contributed by atoms with Gasteiger partial charge in [-0.05, 0) is 31.4 Å². The van der Waals surface area contributed by atoms with Crippen LogP contribution in [0.3, 0.4) is 0 Å². The summed E-state index contributed by atoms with van der Waals surface area (Å²) in [5.74, 6) is -0.810. The van der Waals surface area contributed by atoms with Crippen molar-refractivity contribution < 1.29 is 19.5 Å². The molecular weight excluding hydrogens is 234 g/mol. The van der Waals surface area contributed by atoms with Crippen LogP contribution in [0, 0.1) is 0 Å². The fourth-order valence-electron chi connectivity index (χ4n) is 1.83. The molecule has 1 heterocycles. The lowest BCUT2D eigenvalue weighted by Gasteiger charge is -2.12. The topological polar surface area (TPSA) is 66.8 Å². The van der Waals surface area contributed by atoms with E-state index in [2.05, 4.69) is 0 Å². The summed E-state index contributed by atoms with van der Waals surface area (Å²) in [4.78, 5) is 28.9. The van der Waals surface area contributed by atoms with Gasteiger partial charge < -0.3 is 5.11 Å². The SMILES string of the molecule is O=C1c2ccccc2C(=O)N1OCCCCCO. The van der Waals surface area contributed by atoms with Gasteiger partial charge in [0.25, 0.3) is 11.8 Å². The third-order valence-corrected chi connectivity index (χ3v) is 2.78. The maximum atomic E-state index is 11.9. The molecule has 96 valence electrons. The second kappa shape index (κ2) is 5.75. The van der Waals surface area contributed by atoms with Crippen LogP contribution in [-0.2, 0) is 4.84 Å². The fraction of sp³-hybridized carbons (Fsp3) is 0.385. The number of hydroxylamine groups is 2. The average molecular weight is 249 g/mol. The number of nitrogens with zero attached hydrogens (tertiary/aromatic N) is 1. The van der Waals surface area contributed by atoms with Crippen molar-refractivity contribution in [1.82, 2.24) is 5.06 Å². The number of imide groups is 1. The predicted molar refractivity (Wildman–Crippen MR) is 63.8 cm³/mol. The highest BCUT2D eigenvalue weighted by molar-refractivity contribution is 6.20. The second-order valence-electron chi connectivity index (χ2n) is 4.07. The molecule has 2 rings (SSSR count). The van der Waals surface area contributed by atoms with Crippen LogP contribution in [0.5, 0.6) is 0 Å². The van der Waals surface area contributed by atoms with Gasteiger partial charge in [0, 0.05) is 6.61 Å². The van der Waals surface area contributed by atoms with Crippen molar-refractivity contribution in [3.05, 3.63) is 35.4 Å². The number of fused-ring (bicyclic) bond motifs is 1. The Morgan fingerprint density at radius 1 is 1.00 bits per heavy atom. The molecule has 0 atom stereocenters. The average Bonchev–Trinajstić information content (AvgIpc) is 2.64. The van der Waals surface area contributed by atoms with Gasteiger partial charge in [0.2, 0.25) is 0 Å². The van der Waals surface area contributed by atoms with E-state index in [-0.39, 0.29) is 6.61 Å². The standard InChI is InChI=1S/C13H15NO4/c15-8-4-1-5-9-18-14-12(16)10-6-2-3-7-11(10)13(14)17/h2-3,6-7,15H,1,4-5,8-9H2. The van der Waals surface area contributed by atoms with Crippen molar-refractivity contribution in [3.8, 4) is 0 Å². The number of hydrogen-bond acceptors (Lipinski definition) is 4. The molecule has 1 aliphatic rings. The van der Waals surface area contributed by atoms with Gasteiger partial charge in [-0.25, -0.2) is 0 Å². The van der Waals surface area contributed by atoms with Crippen LogP contribution in [0.4, 0.5) is 0 Å².